The van der Waals surface area contributed by atoms with Gasteiger partial charge in [0.1, 0.15) is 0 Å². The molecular formula is C22H24BrNO6. The van der Waals surface area contributed by atoms with Crippen molar-refractivity contribution in [2.45, 2.75) is 32.7 Å². The van der Waals surface area contributed by atoms with Crippen LogP contribution < -0.4 is 25.0 Å². The number of rotatable bonds is 4. The number of hydrogen-bond donors (Lipinski definition) is 2. The predicted molar refractivity (Wildman–Crippen MR) is 117 cm³/mol. The Hall–Kier alpha value is -2.74. The molecule has 2 aromatic rings. The van der Waals surface area contributed by atoms with Gasteiger partial charge in [0.2, 0.25) is 17.1 Å². The number of aromatic hydroxyl groups is 1. The largest absolute Gasteiger partial charge is 0.504 e. The Morgan fingerprint density at radius 2 is 1.83 bits per heavy atom. The smallest absolute Gasteiger partial charge is 0.234 e. The quantitative estimate of drug-likeness (QED) is 0.697. The lowest BCUT2D eigenvalue weighted by Crippen LogP contribution is -2.27. The van der Waals surface area contributed by atoms with E-state index in [9.17, 15) is 14.7 Å². The van der Waals surface area contributed by atoms with Crippen LogP contribution in [0, 0.1) is 6.92 Å². The number of ether oxygens (including phenoxy) is 3. The summed E-state index contributed by atoms with van der Waals surface area (Å²) in [5.41, 5.74) is 2.78. The number of carbonyl (C=O) groups is 1. The molecule has 0 saturated heterocycles. The van der Waals surface area contributed by atoms with Crippen LogP contribution in [0.3, 0.4) is 0 Å². The van der Waals surface area contributed by atoms with E-state index in [0.29, 0.717) is 46.8 Å². The molecule has 1 atom stereocenters. The van der Waals surface area contributed by atoms with Gasteiger partial charge < -0.3 is 24.6 Å². The van der Waals surface area contributed by atoms with Crippen molar-refractivity contribution < 1.29 is 24.1 Å². The third-order valence-electron chi connectivity index (χ3n) is 5.28. The minimum atomic E-state index is -0.535. The first-order valence-corrected chi connectivity index (χ1v) is 10.2. The zero-order valence-electron chi connectivity index (χ0n) is 17.5. The maximum atomic E-state index is 12.8. The Kier molecular flexibility index (Phi) is 6.26. The van der Waals surface area contributed by atoms with E-state index in [-0.39, 0.29) is 16.1 Å². The Bertz CT molecular complexity index is 1080. The summed E-state index contributed by atoms with van der Waals surface area (Å²) >= 11 is 3.39. The molecule has 0 radical (unpaired) electrons. The van der Waals surface area contributed by atoms with Crippen molar-refractivity contribution in [1.82, 2.24) is 5.32 Å². The molecule has 0 fully saturated rings. The molecule has 7 nitrogen and oxygen atoms in total. The minimum Gasteiger partial charge on any atom is -0.504 e. The van der Waals surface area contributed by atoms with Gasteiger partial charge >= 0.3 is 0 Å². The van der Waals surface area contributed by atoms with Crippen LogP contribution in [-0.2, 0) is 11.2 Å². The molecule has 1 aliphatic carbocycles. The van der Waals surface area contributed by atoms with Crippen molar-refractivity contribution >= 4 is 21.8 Å². The maximum absolute atomic E-state index is 12.8. The molecule has 0 aromatic heterocycles. The second kappa shape index (κ2) is 8.55. The fourth-order valence-electron chi connectivity index (χ4n) is 3.97. The average molecular weight is 478 g/mol. The van der Waals surface area contributed by atoms with Gasteiger partial charge in [0, 0.05) is 18.1 Å². The summed E-state index contributed by atoms with van der Waals surface area (Å²) in [4.78, 5) is 24.7. The molecule has 3 rings (SSSR count). The summed E-state index contributed by atoms with van der Waals surface area (Å²) in [5.74, 6) is 0.843. The number of amides is 1. The van der Waals surface area contributed by atoms with Crippen molar-refractivity contribution in [3.63, 3.8) is 0 Å². The van der Waals surface area contributed by atoms with Gasteiger partial charge in [-0.1, -0.05) is 0 Å². The van der Waals surface area contributed by atoms with Crippen molar-refractivity contribution in [1.29, 1.82) is 0 Å². The van der Waals surface area contributed by atoms with Crippen LogP contribution in [0.4, 0.5) is 0 Å². The molecule has 8 heteroatoms. The Morgan fingerprint density at radius 3 is 2.40 bits per heavy atom. The first kappa shape index (κ1) is 22.0. The van der Waals surface area contributed by atoms with Gasteiger partial charge in [-0.25, -0.2) is 0 Å². The van der Waals surface area contributed by atoms with Crippen LogP contribution in [0.1, 0.15) is 36.1 Å². The third-order valence-corrected chi connectivity index (χ3v) is 6.07. The Labute approximate surface area is 183 Å². The van der Waals surface area contributed by atoms with Gasteiger partial charge in [-0.3, -0.25) is 9.59 Å². The van der Waals surface area contributed by atoms with E-state index in [2.05, 4.69) is 21.2 Å². The van der Waals surface area contributed by atoms with Crippen LogP contribution in [0.5, 0.6) is 23.0 Å². The van der Waals surface area contributed by atoms with Gasteiger partial charge in [-0.15, -0.1) is 0 Å². The molecule has 1 aliphatic rings. The molecule has 0 spiro atoms. The highest BCUT2D eigenvalue weighted by molar-refractivity contribution is 9.10. The number of benzene rings is 1. The predicted octanol–water partition coefficient (Wildman–Crippen LogP) is 3.64. The highest BCUT2D eigenvalue weighted by Gasteiger charge is 2.31. The van der Waals surface area contributed by atoms with Crippen molar-refractivity contribution in [2.24, 2.45) is 0 Å². The van der Waals surface area contributed by atoms with Crippen molar-refractivity contribution in [3.05, 3.63) is 43.5 Å². The third kappa shape index (κ3) is 3.60. The molecule has 0 saturated carbocycles. The van der Waals surface area contributed by atoms with E-state index in [0.717, 1.165) is 11.1 Å². The SMILES string of the molecule is COc1cc2c(c(OC)c1OC)-c1cc(C)c(O)c(=O)c(Br)c1C(NC(C)=O)CC2. The summed E-state index contributed by atoms with van der Waals surface area (Å²) in [6, 6.07) is 3.18. The van der Waals surface area contributed by atoms with Gasteiger partial charge in [-0.2, -0.15) is 0 Å². The summed E-state index contributed by atoms with van der Waals surface area (Å²) in [6.45, 7) is 3.09. The number of hydrogen-bond acceptors (Lipinski definition) is 6. The molecule has 0 heterocycles. The van der Waals surface area contributed by atoms with Crippen LogP contribution in [-0.4, -0.2) is 32.3 Å². The van der Waals surface area contributed by atoms with Gasteiger partial charge in [-0.05, 0) is 64.5 Å². The molecule has 160 valence electrons. The van der Waals surface area contributed by atoms with E-state index in [4.69, 9.17) is 14.2 Å². The number of aryl methyl sites for hydroxylation is 2. The van der Waals surface area contributed by atoms with Crippen LogP contribution in [0.2, 0.25) is 0 Å². The monoisotopic (exact) mass is 477 g/mol. The van der Waals surface area contributed by atoms with Gasteiger partial charge in [0.15, 0.2) is 17.2 Å². The van der Waals surface area contributed by atoms with Crippen LogP contribution >= 0.6 is 15.9 Å². The standard InChI is InChI=1S/C22H24BrNO6/c1-10-8-13-16-12(9-15(28-3)21(29-4)22(16)30-5)6-7-14(24-11(2)25)17(13)18(23)20(27)19(10)26/h8-9,14H,6-7H2,1-5H3,(H,24,25)(H,26,27). The molecule has 1 amide bonds. The number of methoxy groups -OCH3 is 3. The van der Waals surface area contributed by atoms with E-state index in [1.54, 1.807) is 20.1 Å². The molecular weight excluding hydrogens is 454 g/mol. The van der Waals surface area contributed by atoms with Crippen molar-refractivity contribution in [2.75, 3.05) is 21.3 Å². The van der Waals surface area contributed by atoms with E-state index >= 15 is 0 Å². The van der Waals surface area contributed by atoms with E-state index in [1.165, 1.54) is 21.1 Å². The molecule has 0 bridgehead atoms. The lowest BCUT2D eigenvalue weighted by molar-refractivity contribution is -0.119. The Morgan fingerprint density at radius 1 is 1.17 bits per heavy atom. The van der Waals surface area contributed by atoms with E-state index < -0.39 is 11.5 Å². The van der Waals surface area contributed by atoms with Crippen LogP contribution in [0.25, 0.3) is 11.1 Å². The van der Waals surface area contributed by atoms with Gasteiger partial charge in [0.25, 0.3) is 0 Å². The molecule has 1 unspecified atom stereocenters. The lowest BCUT2D eigenvalue weighted by Gasteiger charge is -2.20. The second-order valence-electron chi connectivity index (χ2n) is 7.12. The molecule has 2 aromatic carbocycles. The topological polar surface area (TPSA) is 94.1 Å². The van der Waals surface area contributed by atoms with Crippen LogP contribution in [0.15, 0.2) is 21.4 Å². The summed E-state index contributed by atoms with van der Waals surface area (Å²) in [7, 11) is 4.62. The average Bonchev–Trinajstić information content (AvgIpc) is 2.91. The maximum Gasteiger partial charge on any atom is 0.234 e. The molecule has 0 aliphatic heterocycles. The highest BCUT2D eigenvalue weighted by atomic mass is 79.9. The number of halogens is 1. The minimum absolute atomic E-state index is 0.200. The second-order valence-corrected chi connectivity index (χ2v) is 7.91. The number of nitrogens with one attached hydrogen (secondary N) is 1. The van der Waals surface area contributed by atoms with Crippen molar-refractivity contribution in [3.8, 4) is 34.1 Å². The first-order valence-electron chi connectivity index (χ1n) is 9.40. The molecule has 2 N–H and O–H groups in total. The van der Waals surface area contributed by atoms with Gasteiger partial charge in [0.05, 0.1) is 31.8 Å². The zero-order chi connectivity index (χ0) is 22.2. The Balaban J connectivity index is 2.53. The lowest BCUT2D eigenvalue weighted by atomic mass is 9.95. The fourth-order valence-corrected chi connectivity index (χ4v) is 4.64. The number of fused-ring (bicyclic) bond motifs is 3. The summed E-state index contributed by atoms with van der Waals surface area (Å²) in [6.07, 6.45) is 1.14. The first-order chi connectivity index (χ1) is 14.2. The zero-order valence-corrected chi connectivity index (χ0v) is 19.1. The summed E-state index contributed by atoms with van der Waals surface area (Å²) < 4.78 is 17.0. The molecule has 30 heavy (non-hydrogen) atoms. The fraction of sp³-hybridized carbons (Fsp3) is 0.364. The highest BCUT2D eigenvalue weighted by Crippen LogP contribution is 2.51. The normalized spacial score (nSPS) is 14.8. The summed E-state index contributed by atoms with van der Waals surface area (Å²) in [5, 5.41) is 13.3. The van der Waals surface area contributed by atoms with E-state index in [1.807, 2.05) is 6.07 Å². The number of carbonyl (C=O) groups excluding carboxylic acids is 1.